The SMILES string of the molecule is CNC(=O)c1ccc(NC(=O)CN2C(=O)[C@H]3CC=CC[C@H]3C2=O)cc1. The van der Waals surface area contributed by atoms with Crippen LogP contribution in [0.25, 0.3) is 0 Å². The number of imide groups is 1. The molecule has 1 saturated heterocycles. The minimum absolute atomic E-state index is 0.220. The van der Waals surface area contributed by atoms with Crippen molar-refractivity contribution in [3.05, 3.63) is 42.0 Å². The van der Waals surface area contributed by atoms with Gasteiger partial charge in [-0.15, -0.1) is 0 Å². The summed E-state index contributed by atoms with van der Waals surface area (Å²) in [6.07, 6.45) is 4.91. The molecule has 1 heterocycles. The van der Waals surface area contributed by atoms with E-state index in [9.17, 15) is 19.2 Å². The quantitative estimate of drug-likeness (QED) is 0.629. The topological polar surface area (TPSA) is 95.6 Å². The molecule has 0 bridgehead atoms. The number of nitrogens with zero attached hydrogens (tertiary/aromatic N) is 1. The molecule has 1 aromatic carbocycles. The van der Waals surface area contributed by atoms with E-state index in [0.29, 0.717) is 24.1 Å². The molecule has 4 amide bonds. The maximum absolute atomic E-state index is 12.3. The molecule has 1 fully saturated rings. The van der Waals surface area contributed by atoms with Crippen LogP contribution in [0.3, 0.4) is 0 Å². The number of carbonyl (C=O) groups is 4. The van der Waals surface area contributed by atoms with Crippen molar-refractivity contribution in [1.82, 2.24) is 10.2 Å². The summed E-state index contributed by atoms with van der Waals surface area (Å²) < 4.78 is 0. The molecule has 0 radical (unpaired) electrons. The standard InChI is InChI=1S/C18H19N3O4/c1-19-16(23)11-6-8-12(9-7-11)20-15(22)10-21-17(24)13-4-2-3-5-14(13)18(21)25/h2-3,6-9,13-14H,4-5,10H2,1H3,(H,19,23)(H,20,22)/t13-,14+. The molecule has 0 spiro atoms. The lowest BCUT2D eigenvalue weighted by molar-refractivity contribution is -0.142. The first-order chi connectivity index (χ1) is 12.0. The summed E-state index contributed by atoms with van der Waals surface area (Å²) in [4.78, 5) is 49.4. The highest BCUT2D eigenvalue weighted by Gasteiger charge is 2.47. The van der Waals surface area contributed by atoms with E-state index in [1.165, 1.54) is 7.05 Å². The molecule has 25 heavy (non-hydrogen) atoms. The lowest BCUT2D eigenvalue weighted by Crippen LogP contribution is -2.38. The second-order valence-corrected chi connectivity index (χ2v) is 6.12. The van der Waals surface area contributed by atoms with E-state index in [0.717, 1.165) is 4.90 Å². The van der Waals surface area contributed by atoms with Gasteiger partial charge in [0, 0.05) is 18.3 Å². The minimum Gasteiger partial charge on any atom is -0.355 e. The van der Waals surface area contributed by atoms with Crippen molar-refractivity contribution in [2.45, 2.75) is 12.8 Å². The number of hydrogen-bond donors (Lipinski definition) is 2. The van der Waals surface area contributed by atoms with Gasteiger partial charge in [-0.2, -0.15) is 0 Å². The fourth-order valence-corrected chi connectivity index (χ4v) is 3.22. The lowest BCUT2D eigenvalue weighted by atomic mass is 9.85. The third-order valence-electron chi connectivity index (χ3n) is 4.56. The van der Waals surface area contributed by atoms with Gasteiger partial charge in [-0.25, -0.2) is 0 Å². The van der Waals surface area contributed by atoms with Crippen molar-refractivity contribution in [2.75, 3.05) is 18.9 Å². The van der Waals surface area contributed by atoms with E-state index in [2.05, 4.69) is 10.6 Å². The Kier molecular flexibility index (Phi) is 4.65. The molecule has 1 aliphatic carbocycles. The number of nitrogens with one attached hydrogen (secondary N) is 2. The lowest BCUT2D eigenvalue weighted by Gasteiger charge is -2.14. The van der Waals surface area contributed by atoms with E-state index in [1.807, 2.05) is 12.2 Å². The summed E-state index contributed by atoms with van der Waals surface area (Å²) in [7, 11) is 1.54. The highest BCUT2D eigenvalue weighted by atomic mass is 16.2. The summed E-state index contributed by atoms with van der Waals surface area (Å²) in [5.74, 6) is -1.88. The number of hydrogen-bond acceptors (Lipinski definition) is 4. The summed E-state index contributed by atoms with van der Waals surface area (Å²) >= 11 is 0. The minimum atomic E-state index is -0.444. The highest BCUT2D eigenvalue weighted by molar-refractivity contribution is 6.08. The molecule has 0 saturated carbocycles. The van der Waals surface area contributed by atoms with Crippen LogP contribution >= 0.6 is 0 Å². The Morgan fingerprint density at radius 1 is 1.04 bits per heavy atom. The monoisotopic (exact) mass is 341 g/mol. The summed E-state index contributed by atoms with van der Waals surface area (Å²) in [5, 5.41) is 5.15. The molecule has 7 heteroatoms. The van der Waals surface area contributed by atoms with Crippen molar-refractivity contribution >= 4 is 29.3 Å². The Labute approximate surface area is 145 Å². The zero-order chi connectivity index (χ0) is 18.0. The second-order valence-electron chi connectivity index (χ2n) is 6.12. The van der Waals surface area contributed by atoms with Crippen LogP contribution in [-0.2, 0) is 14.4 Å². The molecule has 7 nitrogen and oxygen atoms in total. The third-order valence-corrected chi connectivity index (χ3v) is 4.56. The number of fused-ring (bicyclic) bond motifs is 1. The van der Waals surface area contributed by atoms with E-state index in [1.54, 1.807) is 24.3 Å². The van der Waals surface area contributed by atoms with Crippen LogP contribution in [-0.4, -0.2) is 42.1 Å². The number of benzene rings is 1. The van der Waals surface area contributed by atoms with Crippen molar-refractivity contribution in [3.8, 4) is 0 Å². The normalized spacial score (nSPS) is 21.9. The average Bonchev–Trinajstić information content (AvgIpc) is 2.87. The average molecular weight is 341 g/mol. The first-order valence-electron chi connectivity index (χ1n) is 8.13. The molecule has 0 unspecified atom stereocenters. The number of allylic oxidation sites excluding steroid dienone is 2. The van der Waals surface area contributed by atoms with Gasteiger partial charge in [0.15, 0.2) is 0 Å². The number of carbonyl (C=O) groups excluding carboxylic acids is 4. The molecule has 2 atom stereocenters. The van der Waals surface area contributed by atoms with Crippen molar-refractivity contribution in [1.29, 1.82) is 0 Å². The predicted octanol–water partition coefficient (Wildman–Crippen LogP) is 0.936. The largest absolute Gasteiger partial charge is 0.355 e. The number of amides is 4. The smallest absolute Gasteiger partial charge is 0.251 e. The molecule has 1 aromatic rings. The zero-order valence-corrected chi connectivity index (χ0v) is 13.8. The van der Waals surface area contributed by atoms with Gasteiger partial charge in [-0.1, -0.05) is 12.2 Å². The Hall–Kier alpha value is -2.96. The van der Waals surface area contributed by atoms with Crippen molar-refractivity contribution in [3.63, 3.8) is 0 Å². The van der Waals surface area contributed by atoms with Gasteiger partial charge >= 0.3 is 0 Å². The Balaban J connectivity index is 1.62. The van der Waals surface area contributed by atoms with Gasteiger partial charge in [0.25, 0.3) is 5.91 Å². The molecule has 130 valence electrons. The van der Waals surface area contributed by atoms with E-state index in [-0.39, 0.29) is 36.1 Å². The summed E-state index contributed by atoms with van der Waals surface area (Å²) in [6.45, 7) is -0.290. The summed E-state index contributed by atoms with van der Waals surface area (Å²) in [5.41, 5.74) is 0.970. The van der Waals surface area contributed by atoms with Crippen LogP contribution in [0.4, 0.5) is 5.69 Å². The predicted molar refractivity (Wildman–Crippen MR) is 90.5 cm³/mol. The second kappa shape index (κ2) is 6.88. The first-order valence-corrected chi connectivity index (χ1v) is 8.13. The van der Waals surface area contributed by atoms with Crippen LogP contribution in [0.1, 0.15) is 23.2 Å². The first kappa shape index (κ1) is 16.9. The fourth-order valence-electron chi connectivity index (χ4n) is 3.22. The fraction of sp³-hybridized carbons (Fsp3) is 0.333. The number of anilines is 1. The summed E-state index contributed by atoms with van der Waals surface area (Å²) in [6, 6.07) is 6.36. The van der Waals surface area contributed by atoms with E-state index < -0.39 is 5.91 Å². The number of likely N-dealkylation sites (tertiary alicyclic amines) is 1. The number of rotatable bonds is 4. The van der Waals surface area contributed by atoms with Crippen LogP contribution in [0.5, 0.6) is 0 Å². The molecular formula is C18H19N3O4. The van der Waals surface area contributed by atoms with E-state index in [4.69, 9.17) is 0 Å². The molecule has 2 N–H and O–H groups in total. The van der Waals surface area contributed by atoms with E-state index >= 15 is 0 Å². The Bertz CT molecular complexity index is 728. The van der Waals surface area contributed by atoms with Gasteiger partial charge in [0.2, 0.25) is 17.7 Å². The highest BCUT2D eigenvalue weighted by Crippen LogP contribution is 2.34. The Morgan fingerprint density at radius 2 is 1.60 bits per heavy atom. The Morgan fingerprint density at radius 3 is 2.12 bits per heavy atom. The van der Waals surface area contributed by atoms with Gasteiger partial charge in [0.1, 0.15) is 6.54 Å². The van der Waals surface area contributed by atoms with Crippen LogP contribution < -0.4 is 10.6 Å². The van der Waals surface area contributed by atoms with Crippen LogP contribution in [0.2, 0.25) is 0 Å². The van der Waals surface area contributed by atoms with Crippen LogP contribution in [0, 0.1) is 11.8 Å². The van der Waals surface area contributed by atoms with Gasteiger partial charge < -0.3 is 10.6 Å². The zero-order valence-electron chi connectivity index (χ0n) is 13.8. The molecule has 2 aliphatic rings. The third kappa shape index (κ3) is 3.31. The van der Waals surface area contributed by atoms with Crippen LogP contribution in [0.15, 0.2) is 36.4 Å². The van der Waals surface area contributed by atoms with Gasteiger partial charge in [-0.05, 0) is 37.1 Å². The maximum atomic E-state index is 12.3. The van der Waals surface area contributed by atoms with Crippen molar-refractivity contribution in [2.24, 2.45) is 11.8 Å². The molecule has 3 rings (SSSR count). The molecular weight excluding hydrogens is 322 g/mol. The van der Waals surface area contributed by atoms with Gasteiger partial charge in [0.05, 0.1) is 11.8 Å². The molecule has 1 aliphatic heterocycles. The van der Waals surface area contributed by atoms with Gasteiger partial charge in [-0.3, -0.25) is 24.1 Å². The van der Waals surface area contributed by atoms with Crippen molar-refractivity contribution < 1.29 is 19.2 Å². The maximum Gasteiger partial charge on any atom is 0.251 e. The molecule has 0 aromatic heterocycles.